The lowest BCUT2D eigenvalue weighted by atomic mass is 10.3. The van der Waals surface area contributed by atoms with Crippen LogP contribution in [0, 0.1) is 11.3 Å². The molecule has 0 unspecified atom stereocenters. The van der Waals surface area contributed by atoms with E-state index in [1.807, 2.05) is 20.8 Å². The fourth-order valence-electron chi connectivity index (χ4n) is 0.537. The van der Waals surface area contributed by atoms with Crippen molar-refractivity contribution in [2.75, 3.05) is 0 Å². The molecule has 0 amide bonds. The minimum atomic E-state index is -0.0185. The third kappa shape index (κ3) is 3.63. The van der Waals surface area contributed by atoms with Crippen molar-refractivity contribution < 1.29 is 0 Å². The van der Waals surface area contributed by atoms with Crippen LogP contribution in [0.15, 0.2) is 0 Å². The van der Waals surface area contributed by atoms with Gasteiger partial charge in [0.1, 0.15) is 0 Å². The second kappa shape index (κ2) is 3.45. The van der Waals surface area contributed by atoms with Crippen LogP contribution in [-0.2, 0) is 0 Å². The molecule has 0 aromatic heterocycles. The lowest BCUT2D eigenvalue weighted by Crippen LogP contribution is -2.30. The largest absolute Gasteiger partial charge is 0.300 e. The van der Waals surface area contributed by atoms with Crippen molar-refractivity contribution in [2.45, 2.75) is 32.9 Å². The number of hydrogen-bond donors (Lipinski definition) is 1. The Kier molecular flexibility index (Phi) is 3.21. The highest BCUT2D eigenvalue weighted by molar-refractivity contribution is 4.85. The Hall–Kier alpha value is -0.550. The molecule has 1 N–H and O–H groups in total. The molecule has 0 spiro atoms. The maximum Gasteiger partial charge on any atom is 0.0926 e. The van der Waals surface area contributed by atoms with E-state index in [1.54, 1.807) is 0 Å². The van der Waals surface area contributed by atoms with Crippen LogP contribution in [0.25, 0.3) is 0 Å². The summed E-state index contributed by atoms with van der Waals surface area (Å²) in [5.41, 5.74) is 0. The van der Waals surface area contributed by atoms with Gasteiger partial charge in [0.2, 0.25) is 0 Å². The zero-order chi connectivity index (χ0) is 6.57. The SMILES string of the molecule is CC(C)N[C@H](C)C#N. The van der Waals surface area contributed by atoms with Gasteiger partial charge in [-0.2, -0.15) is 5.26 Å². The first-order chi connectivity index (χ1) is 3.66. The maximum absolute atomic E-state index is 8.27. The predicted octanol–water partition coefficient (Wildman–Crippen LogP) is 0.896. The van der Waals surface area contributed by atoms with E-state index in [0.29, 0.717) is 6.04 Å². The van der Waals surface area contributed by atoms with Crippen molar-refractivity contribution in [2.24, 2.45) is 0 Å². The number of nitrogens with zero attached hydrogens (tertiary/aromatic N) is 1. The molecule has 46 valence electrons. The van der Waals surface area contributed by atoms with Gasteiger partial charge in [0.25, 0.3) is 0 Å². The summed E-state index contributed by atoms with van der Waals surface area (Å²) >= 11 is 0. The lowest BCUT2D eigenvalue weighted by molar-refractivity contribution is 0.556. The molecule has 0 aliphatic rings. The van der Waals surface area contributed by atoms with E-state index in [4.69, 9.17) is 5.26 Å². The van der Waals surface area contributed by atoms with E-state index in [9.17, 15) is 0 Å². The minimum Gasteiger partial charge on any atom is -0.300 e. The third-order valence-electron chi connectivity index (χ3n) is 0.777. The summed E-state index contributed by atoms with van der Waals surface area (Å²) in [5, 5.41) is 11.3. The molecule has 2 nitrogen and oxygen atoms in total. The molecule has 0 aliphatic carbocycles. The maximum atomic E-state index is 8.27. The Morgan fingerprint density at radius 3 is 2.00 bits per heavy atom. The molecule has 0 fully saturated rings. The molecule has 0 radical (unpaired) electrons. The zero-order valence-electron chi connectivity index (χ0n) is 5.60. The Morgan fingerprint density at radius 1 is 1.38 bits per heavy atom. The molecule has 0 aromatic carbocycles. The summed E-state index contributed by atoms with van der Waals surface area (Å²) in [6.07, 6.45) is 0. The molecule has 0 aromatic rings. The van der Waals surface area contributed by atoms with E-state index < -0.39 is 0 Å². The van der Waals surface area contributed by atoms with E-state index >= 15 is 0 Å². The number of rotatable bonds is 2. The monoisotopic (exact) mass is 112 g/mol. The van der Waals surface area contributed by atoms with Gasteiger partial charge in [0.15, 0.2) is 0 Å². The van der Waals surface area contributed by atoms with Gasteiger partial charge >= 0.3 is 0 Å². The quantitative estimate of drug-likeness (QED) is 0.576. The highest BCUT2D eigenvalue weighted by Gasteiger charge is 1.97. The molecule has 0 saturated carbocycles. The fourth-order valence-corrected chi connectivity index (χ4v) is 0.537. The van der Waals surface area contributed by atoms with Gasteiger partial charge in [0.05, 0.1) is 12.1 Å². The van der Waals surface area contributed by atoms with E-state index in [2.05, 4.69) is 11.4 Å². The van der Waals surface area contributed by atoms with Gasteiger partial charge in [-0.25, -0.2) is 0 Å². The Balaban J connectivity index is 3.28. The van der Waals surface area contributed by atoms with Crippen LogP contribution < -0.4 is 5.32 Å². The molecular formula is C6H12N2. The summed E-state index contributed by atoms with van der Waals surface area (Å²) in [6.45, 7) is 5.89. The summed E-state index contributed by atoms with van der Waals surface area (Å²) in [4.78, 5) is 0. The smallest absolute Gasteiger partial charge is 0.0926 e. The highest BCUT2D eigenvalue weighted by atomic mass is 14.9. The molecule has 2 heteroatoms. The normalized spacial score (nSPS) is 13.4. The van der Waals surface area contributed by atoms with Crippen molar-refractivity contribution in [1.29, 1.82) is 5.26 Å². The number of nitriles is 1. The average Bonchev–Trinajstić information content (AvgIpc) is 1.65. The van der Waals surface area contributed by atoms with Gasteiger partial charge in [-0.3, -0.25) is 5.32 Å². The second-order valence-corrected chi connectivity index (χ2v) is 2.17. The van der Waals surface area contributed by atoms with Crippen LogP contribution >= 0.6 is 0 Å². The van der Waals surface area contributed by atoms with Crippen LogP contribution in [0.1, 0.15) is 20.8 Å². The second-order valence-electron chi connectivity index (χ2n) is 2.17. The van der Waals surface area contributed by atoms with E-state index in [1.165, 1.54) is 0 Å². The molecule has 0 heterocycles. The van der Waals surface area contributed by atoms with Gasteiger partial charge in [-0.15, -0.1) is 0 Å². The van der Waals surface area contributed by atoms with Gasteiger partial charge < -0.3 is 0 Å². The number of nitrogens with one attached hydrogen (secondary N) is 1. The summed E-state index contributed by atoms with van der Waals surface area (Å²) in [7, 11) is 0. The summed E-state index contributed by atoms with van der Waals surface area (Å²) < 4.78 is 0. The third-order valence-corrected chi connectivity index (χ3v) is 0.777. The van der Waals surface area contributed by atoms with Crippen LogP contribution in [-0.4, -0.2) is 12.1 Å². The molecular weight excluding hydrogens is 100 g/mol. The van der Waals surface area contributed by atoms with Crippen molar-refractivity contribution >= 4 is 0 Å². The van der Waals surface area contributed by atoms with Crippen molar-refractivity contribution in [1.82, 2.24) is 5.32 Å². The van der Waals surface area contributed by atoms with Gasteiger partial charge in [0, 0.05) is 6.04 Å². The fraction of sp³-hybridized carbons (Fsp3) is 0.833. The van der Waals surface area contributed by atoms with Crippen molar-refractivity contribution in [3.63, 3.8) is 0 Å². The van der Waals surface area contributed by atoms with E-state index in [-0.39, 0.29) is 6.04 Å². The molecule has 0 aliphatic heterocycles. The molecule has 0 rings (SSSR count). The number of hydrogen-bond acceptors (Lipinski definition) is 2. The average molecular weight is 112 g/mol. The van der Waals surface area contributed by atoms with Crippen LogP contribution in [0.5, 0.6) is 0 Å². The molecule has 1 atom stereocenters. The van der Waals surface area contributed by atoms with Crippen LogP contribution in [0.4, 0.5) is 0 Å². The highest BCUT2D eigenvalue weighted by Crippen LogP contribution is 1.81. The van der Waals surface area contributed by atoms with Gasteiger partial charge in [-0.1, -0.05) is 0 Å². The van der Waals surface area contributed by atoms with Crippen molar-refractivity contribution in [3.8, 4) is 6.07 Å². The lowest BCUT2D eigenvalue weighted by Gasteiger charge is -2.07. The molecule has 0 saturated heterocycles. The Bertz CT molecular complexity index is 91.2. The first-order valence-electron chi connectivity index (χ1n) is 2.82. The predicted molar refractivity (Wildman–Crippen MR) is 33.3 cm³/mol. The first-order valence-corrected chi connectivity index (χ1v) is 2.82. The summed E-state index contributed by atoms with van der Waals surface area (Å²) in [5.74, 6) is 0. The molecule has 0 bridgehead atoms. The minimum absolute atomic E-state index is 0.0185. The van der Waals surface area contributed by atoms with E-state index in [0.717, 1.165) is 0 Å². The first kappa shape index (κ1) is 7.45. The topological polar surface area (TPSA) is 35.8 Å². The summed E-state index contributed by atoms with van der Waals surface area (Å²) in [6, 6.07) is 2.47. The van der Waals surface area contributed by atoms with Crippen molar-refractivity contribution in [3.05, 3.63) is 0 Å². The Labute approximate surface area is 50.5 Å². The molecule has 8 heavy (non-hydrogen) atoms. The Morgan fingerprint density at radius 2 is 1.88 bits per heavy atom. The standard InChI is InChI=1S/C6H12N2/c1-5(2)8-6(3)4-7/h5-6,8H,1-3H3/t6-/m1/s1. The van der Waals surface area contributed by atoms with Crippen LogP contribution in [0.2, 0.25) is 0 Å². The van der Waals surface area contributed by atoms with Gasteiger partial charge in [-0.05, 0) is 20.8 Å². The zero-order valence-corrected chi connectivity index (χ0v) is 5.60. The van der Waals surface area contributed by atoms with Crippen LogP contribution in [0.3, 0.4) is 0 Å².